The Labute approximate surface area is 200 Å². The number of nitrogens with zero attached hydrogens (tertiary/aromatic N) is 2. The average molecular weight is 536 g/mol. The highest BCUT2D eigenvalue weighted by molar-refractivity contribution is 14.0. The smallest absolute Gasteiger partial charge is 0.191 e. The number of aryl methyl sites for hydroxylation is 1. The first-order chi connectivity index (χ1) is 14.3. The molecule has 0 fully saturated rings. The van der Waals surface area contributed by atoms with Crippen molar-refractivity contribution >= 4 is 41.3 Å². The van der Waals surface area contributed by atoms with Gasteiger partial charge in [-0.25, -0.2) is 4.98 Å². The topological polar surface area (TPSA) is 58.5 Å². The second-order valence-electron chi connectivity index (χ2n) is 6.65. The summed E-state index contributed by atoms with van der Waals surface area (Å²) >= 11 is 1.74. The monoisotopic (exact) mass is 536 g/mol. The molecule has 3 rings (SSSR count). The molecule has 0 bridgehead atoms. The number of rotatable bonds is 9. The molecule has 0 unspecified atom stereocenters. The minimum Gasteiger partial charge on any atom is -0.372 e. The summed E-state index contributed by atoms with van der Waals surface area (Å²) < 4.78 is 5.84. The minimum atomic E-state index is 0. The normalized spacial score (nSPS) is 11.1. The van der Waals surface area contributed by atoms with Gasteiger partial charge in [0, 0.05) is 24.7 Å². The standard InChI is InChI=1S/C23H28N4OS.HI/c1-3-21-14-25-22(29-21)15-27-23(24-2)26-13-19-10-7-11-20(12-19)17-28-16-18-8-5-4-6-9-18;/h4-12,14H,3,13,15-17H2,1-2H3,(H2,24,26,27);1H. The van der Waals surface area contributed by atoms with Crippen LogP contribution in [0.25, 0.3) is 0 Å². The van der Waals surface area contributed by atoms with Crippen LogP contribution in [0.15, 0.2) is 65.8 Å². The van der Waals surface area contributed by atoms with E-state index in [4.69, 9.17) is 4.74 Å². The number of hydrogen-bond donors (Lipinski definition) is 2. The van der Waals surface area contributed by atoms with E-state index in [1.807, 2.05) is 24.4 Å². The predicted molar refractivity (Wildman–Crippen MR) is 135 cm³/mol. The number of halogens is 1. The van der Waals surface area contributed by atoms with Gasteiger partial charge in [0.05, 0.1) is 19.8 Å². The number of aliphatic imine (C=N–C) groups is 1. The molecule has 5 nitrogen and oxygen atoms in total. The van der Waals surface area contributed by atoms with Gasteiger partial charge >= 0.3 is 0 Å². The lowest BCUT2D eigenvalue weighted by Gasteiger charge is -2.12. The van der Waals surface area contributed by atoms with Gasteiger partial charge in [-0.05, 0) is 23.1 Å². The summed E-state index contributed by atoms with van der Waals surface area (Å²) in [6.45, 7) is 4.74. The fourth-order valence-corrected chi connectivity index (χ4v) is 3.65. The summed E-state index contributed by atoms with van der Waals surface area (Å²) in [7, 11) is 1.78. The Kier molecular flexibility index (Phi) is 10.8. The zero-order valence-corrected chi connectivity index (χ0v) is 20.6. The third kappa shape index (κ3) is 8.04. The molecule has 2 aromatic carbocycles. The van der Waals surface area contributed by atoms with Crippen molar-refractivity contribution in [1.29, 1.82) is 0 Å². The number of nitrogens with one attached hydrogen (secondary N) is 2. The molecule has 0 aliphatic heterocycles. The predicted octanol–water partition coefficient (Wildman–Crippen LogP) is 4.91. The molecule has 7 heteroatoms. The van der Waals surface area contributed by atoms with Gasteiger partial charge in [-0.1, -0.05) is 61.5 Å². The molecule has 0 spiro atoms. The van der Waals surface area contributed by atoms with E-state index in [0.29, 0.717) is 26.3 Å². The summed E-state index contributed by atoms with van der Waals surface area (Å²) in [5.74, 6) is 0.768. The van der Waals surface area contributed by atoms with E-state index in [2.05, 4.69) is 63.9 Å². The van der Waals surface area contributed by atoms with Crippen molar-refractivity contribution < 1.29 is 4.74 Å². The maximum Gasteiger partial charge on any atom is 0.191 e. The van der Waals surface area contributed by atoms with Crippen molar-refractivity contribution in [3.05, 3.63) is 87.4 Å². The lowest BCUT2D eigenvalue weighted by Crippen LogP contribution is -2.36. The Balaban J connectivity index is 0.00000320. The van der Waals surface area contributed by atoms with Crippen molar-refractivity contribution in [2.45, 2.75) is 39.6 Å². The maximum absolute atomic E-state index is 5.84. The molecule has 1 aromatic heterocycles. The van der Waals surface area contributed by atoms with Gasteiger partial charge in [0.2, 0.25) is 0 Å². The molecule has 3 aromatic rings. The lowest BCUT2D eigenvalue weighted by molar-refractivity contribution is 0.107. The maximum atomic E-state index is 5.84. The van der Waals surface area contributed by atoms with Gasteiger partial charge in [0.25, 0.3) is 0 Å². The first-order valence-corrected chi connectivity index (χ1v) is 10.7. The van der Waals surface area contributed by atoms with Gasteiger partial charge < -0.3 is 15.4 Å². The second kappa shape index (κ2) is 13.4. The van der Waals surface area contributed by atoms with Crippen molar-refractivity contribution in [3.63, 3.8) is 0 Å². The van der Waals surface area contributed by atoms with Crippen molar-refractivity contribution in [3.8, 4) is 0 Å². The van der Waals surface area contributed by atoms with Gasteiger partial charge in [-0.2, -0.15) is 0 Å². The number of aromatic nitrogens is 1. The van der Waals surface area contributed by atoms with E-state index in [0.717, 1.165) is 23.0 Å². The summed E-state index contributed by atoms with van der Waals surface area (Å²) in [6, 6.07) is 18.7. The molecule has 0 aliphatic carbocycles. The van der Waals surface area contributed by atoms with E-state index in [9.17, 15) is 0 Å². The SMILES string of the molecule is CCc1cnc(CNC(=NC)NCc2cccc(COCc3ccccc3)c2)s1.I. The Morgan fingerprint density at radius 1 is 0.967 bits per heavy atom. The van der Waals surface area contributed by atoms with Crippen LogP contribution >= 0.6 is 35.3 Å². The number of thiazole rings is 1. The van der Waals surface area contributed by atoms with Crippen molar-refractivity contribution in [1.82, 2.24) is 15.6 Å². The quantitative estimate of drug-likeness (QED) is 0.232. The molecular weight excluding hydrogens is 507 g/mol. The molecule has 160 valence electrons. The molecule has 30 heavy (non-hydrogen) atoms. The Morgan fingerprint density at radius 3 is 2.40 bits per heavy atom. The first-order valence-electron chi connectivity index (χ1n) is 9.84. The second-order valence-corrected chi connectivity index (χ2v) is 7.85. The summed E-state index contributed by atoms with van der Waals surface area (Å²) in [5.41, 5.74) is 3.54. The third-order valence-electron chi connectivity index (χ3n) is 4.41. The van der Waals surface area contributed by atoms with Crippen LogP contribution in [-0.4, -0.2) is 18.0 Å². The molecule has 0 radical (unpaired) electrons. The highest BCUT2D eigenvalue weighted by Gasteiger charge is 2.04. The van der Waals surface area contributed by atoms with E-state index in [1.54, 1.807) is 18.4 Å². The Bertz CT molecular complexity index is 914. The minimum absolute atomic E-state index is 0. The van der Waals surface area contributed by atoms with E-state index in [-0.39, 0.29) is 24.0 Å². The van der Waals surface area contributed by atoms with Gasteiger partial charge in [0.15, 0.2) is 5.96 Å². The number of ether oxygens (including phenoxy) is 1. The highest BCUT2D eigenvalue weighted by atomic mass is 127. The summed E-state index contributed by atoms with van der Waals surface area (Å²) in [5, 5.41) is 7.76. The van der Waals surface area contributed by atoms with Crippen LogP contribution in [0.2, 0.25) is 0 Å². The Morgan fingerprint density at radius 2 is 1.67 bits per heavy atom. The fourth-order valence-electron chi connectivity index (χ4n) is 2.85. The Hall–Kier alpha value is -1.97. The molecule has 2 N–H and O–H groups in total. The zero-order valence-electron chi connectivity index (χ0n) is 17.4. The zero-order chi connectivity index (χ0) is 20.3. The first kappa shape index (κ1) is 24.3. The van der Waals surface area contributed by atoms with Crippen molar-refractivity contribution in [2.24, 2.45) is 4.99 Å². The van der Waals surface area contributed by atoms with Gasteiger partial charge in [0.1, 0.15) is 5.01 Å². The molecular formula is C23H29IN4OS. The van der Waals surface area contributed by atoms with Gasteiger partial charge in [-0.3, -0.25) is 4.99 Å². The van der Waals surface area contributed by atoms with Crippen LogP contribution in [0.1, 0.15) is 33.5 Å². The van der Waals surface area contributed by atoms with Gasteiger partial charge in [-0.15, -0.1) is 35.3 Å². The average Bonchev–Trinajstić information content (AvgIpc) is 3.23. The molecule has 0 saturated heterocycles. The van der Waals surface area contributed by atoms with Crippen LogP contribution in [0.4, 0.5) is 0 Å². The van der Waals surface area contributed by atoms with Crippen LogP contribution in [0.5, 0.6) is 0 Å². The molecule has 0 aliphatic rings. The van der Waals surface area contributed by atoms with E-state index >= 15 is 0 Å². The molecule has 0 amide bonds. The number of benzene rings is 2. The van der Waals surface area contributed by atoms with E-state index in [1.165, 1.54) is 16.0 Å². The molecule has 0 atom stereocenters. The lowest BCUT2D eigenvalue weighted by atomic mass is 10.1. The third-order valence-corrected chi connectivity index (χ3v) is 5.55. The summed E-state index contributed by atoms with van der Waals surface area (Å²) in [4.78, 5) is 10.0. The van der Waals surface area contributed by atoms with Crippen molar-refractivity contribution in [2.75, 3.05) is 7.05 Å². The van der Waals surface area contributed by atoms with Crippen LogP contribution in [0.3, 0.4) is 0 Å². The highest BCUT2D eigenvalue weighted by Crippen LogP contribution is 2.13. The number of hydrogen-bond acceptors (Lipinski definition) is 4. The largest absolute Gasteiger partial charge is 0.372 e. The van der Waals surface area contributed by atoms with Crippen LogP contribution < -0.4 is 10.6 Å². The molecule has 1 heterocycles. The van der Waals surface area contributed by atoms with Crippen LogP contribution in [-0.2, 0) is 37.5 Å². The fraction of sp³-hybridized carbons (Fsp3) is 0.304. The van der Waals surface area contributed by atoms with Crippen LogP contribution in [0, 0.1) is 0 Å². The summed E-state index contributed by atoms with van der Waals surface area (Å²) in [6.07, 6.45) is 2.97. The molecule has 0 saturated carbocycles. The van der Waals surface area contributed by atoms with E-state index < -0.39 is 0 Å². The number of guanidine groups is 1.